The summed E-state index contributed by atoms with van der Waals surface area (Å²) in [5.41, 5.74) is 0.223. The highest BCUT2D eigenvalue weighted by Crippen LogP contribution is 2.33. The topological polar surface area (TPSA) is 12.0 Å². The number of hydrogen-bond donors (Lipinski definition) is 1. The van der Waals surface area contributed by atoms with Crippen LogP contribution in [0.5, 0.6) is 0 Å². The molecule has 1 aromatic rings. The van der Waals surface area contributed by atoms with E-state index in [2.05, 4.69) is 35.1 Å². The van der Waals surface area contributed by atoms with Gasteiger partial charge in [0.1, 0.15) is 11.6 Å². The molecule has 1 saturated carbocycles. The molecule has 2 rings (SSSR count). The van der Waals surface area contributed by atoms with Crippen LogP contribution in [0, 0.1) is 23.5 Å². The molecule has 0 amide bonds. The average molecular weight is 346 g/mol. The van der Waals surface area contributed by atoms with E-state index in [1.165, 1.54) is 18.6 Å². The Bertz CT molecular complexity index is 464. The third-order valence-corrected chi connectivity index (χ3v) is 4.93. The predicted octanol–water partition coefficient (Wildman–Crippen LogP) is 4.68. The first-order chi connectivity index (χ1) is 9.52. The van der Waals surface area contributed by atoms with Gasteiger partial charge in [-0.15, -0.1) is 0 Å². The Morgan fingerprint density at radius 2 is 2.05 bits per heavy atom. The van der Waals surface area contributed by atoms with Gasteiger partial charge in [-0.2, -0.15) is 0 Å². The van der Waals surface area contributed by atoms with Crippen molar-refractivity contribution < 1.29 is 8.78 Å². The Hall–Kier alpha value is -0.480. The van der Waals surface area contributed by atoms with E-state index in [-0.39, 0.29) is 5.56 Å². The Morgan fingerprint density at radius 1 is 1.30 bits per heavy atom. The Kier molecular flexibility index (Phi) is 5.56. The summed E-state index contributed by atoms with van der Waals surface area (Å²) in [6, 6.07) is 3.14. The summed E-state index contributed by atoms with van der Waals surface area (Å²) in [6.45, 7) is 5.21. The summed E-state index contributed by atoms with van der Waals surface area (Å²) < 4.78 is 28.4. The van der Waals surface area contributed by atoms with Crippen LogP contribution in [0.4, 0.5) is 8.78 Å². The quantitative estimate of drug-likeness (QED) is 0.781. The fraction of sp³-hybridized carbons (Fsp3) is 0.625. The molecule has 4 heteroatoms. The number of benzene rings is 1. The minimum atomic E-state index is -0.446. The lowest BCUT2D eigenvalue weighted by atomic mass is 9.76. The van der Waals surface area contributed by atoms with E-state index >= 15 is 0 Å². The van der Waals surface area contributed by atoms with Gasteiger partial charge in [0.2, 0.25) is 0 Å². The van der Waals surface area contributed by atoms with E-state index < -0.39 is 11.6 Å². The molecular weight excluding hydrogens is 324 g/mol. The van der Waals surface area contributed by atoms with Crippen molar-refractivity contribution >= 4 is 15.9 Å². The van der Waals surface area contributed by atoms with Crippen molar-refractivity contribution in [1.29, 1.82) is 0 Å². The van der Waals surface area contributed by atoms with Gasteiger partial charge in [-0.1, -0.05) is 13.8 Å². The Morgan fingerprint density at radius 3 is 2.75 bits per heavy atom. The molecule has 0 bridgehead atoms. The van der Waals surface area contributed by atoms with Crippen LogP contribution < -0.4 is 5.32 Å². The smallest absolute Gasteiger partial charge is 0.143 e. The van der Waals surface area contributed by atoms with Crippen LogP contribution in [0.1, 0.15) is 38.7 Å². The second-order valence-corrected chi connectivity index (χ2v) is 6.72. The normalized spacial score (nSPS) is 26.8. The monoisotopic (exact) mass is 345 g/mol. The number of nitrogens with one attached hydrogen (secondary N) is 1. The molecule has 1 aliphatic rings. The molecular formula is C16H22BrF2N. The molecule has 3 atom stereocenters. The lowest BCUT2D eigenvalue weighted by molar-refractivity contribution is 0.211. The van der Waals surface area contributed by atoms with Gasteiger partial charge in [-0.3, -0.25) is 0 Å². The lowest BCUT2D eigenvalue weighted by Crippen LogP contribution is -2.41. The van der Waals surface area contributed by atoms with Gasteiger partial charge in [-0.25, -0.2) is 8.78 Å². The molecule has 1 fully saturated rings. The van der Waals surface area contributed by atoms with Gasteiger partial charge in [0, 0.05) is 11.6 Å². The zero-order valence-electron chi connectivity index (χ0n) is 12.1. The molecule has 20 heavy (non-hydrogen) atoms. The molecule has 0 aliphatic heterocycles. The van der Waals surface area contributed by atoms with Crippen molar-refractivity contribution in [2.75, 3.05) is 6.54 Å². The molecule has 1 aliphatic carbocycles. The highest BCUT2D eigenvalue weighted by Gasteiger charge is 2.30. The fourth-order valence-corrected chi connectivity index (χ4v) is 3.65. The van der Waals surface area contributed by atoms with E-state index in [0.717, 1.165) is 19.4 Å². The summed E-state index contributed by atoms with van der Waals surface area (Å²) in [5, 5.41) is 3.47. The maximum atomic E-state index is 14.1. The zero-order valence-corrected chi connectivity index (χ0v) is 13.6. The van der Waals surface area contributed by atoms with Gasteiger partial charge >= 0.3 is 0 Å². The molecule has 1 N–H and O–H groups in total. The average Bonchev–Trinajstić information content (AvgIpc) is 2.42. The zero-order chi connectivity index (χ0) is 14.7. The molecule has 3 unspecified atom stereocenters. The maximum absolute atomic E-state index is 14.1. The Balaban J connectivity index is 2.20. The fourth-order valence-electron chi connectivity index (χ4n) is 3.27. The van der Waals surface area contributed by atoms with Crippen LogP contribution in [0.2, 0.25) is 0 Å². The maximum Gasteiger partial charge on any atom is 0.143 e. The van der Waals surface area contributed by atoms with E-state index in [0.29, 0.717) is 28.8 Å². The number of rotatable bonds is 4. The molecule has 0 spiro atoms. The van der Waals surface area contributed by atoms with E-state index in [1.54, 1.807) is 0 Å². The third-order valence-electron chi connectivity index (χ3n) is 4.32. The van der Waals surface area contributed by atoms with Gasteiger partial charge in [0.25, 0.3) is 0 Å². The summed E-state index contributed by atoms with van der Waals surface area (Å²) in [4.78, 5) is 0. The van der Waals surface area contributed by atoms with E-state index in [1.807, 2.05) is 0 Å². The molecule has 0 aromatic heterocycles. The molecule has 0 saturated heterocycles. The van der Waals surface area contributed by atoms with Crippen LogP contribution in [0.3, 0.4) is 0 Å². The molecule has 1 nitrogen and oxygen atoms in total. The summed E-state index contributed by atoms with van der Waals surface area (Å²) in [6.07, 6.45) is 3.79. The van der Waals surface area contributed by atoms with Gasteiger partial charge in [0.15, 0.2) is 0 Å². The summed E-state index contributed by atoms with van der Waals surface area (Å²) in [5.74, 6) is 0.0582. The summed E-state index contributed by atoms with van der Waals surface area (Å²) in [7, 11) is 0. The summed E-state index contributed by atoms with van der Waals surface area (Å²) >= 11 is 3.15. The first-order valence-corrected chi connectivity index (χ1v) is 8.18. The van der Waals surface area contributed by atoms with E-state index in [4.69, 9.17) is 0 Å². The first-order valence-electron chi connectivity index (χ1n) is 7.38. The second-order valence-electron chi connectivity index (χ2n) is 5.87. The highest BCUT2D eigenvalue weighted by molar-refractivity contribution is 9.10. The standard InChI is InChI=1S/C16H22BrF2N/c1-3-20-15-7-4-10(2)8-11(15)9-12-14(18)6-5-13(17)16(12)19/h5-6,10-11,15,20H,3-4,7-9H2,1-2H3. The molecule has 0 radical (unpaired) electrons. The van der Waals surface area contributed by atoms with Gasteiger partial charge in [-0.05, 0) is 72.1 Å². The van der Waals surface area contributed by atoms with Crippen LogP contribution >= 0.6 is 15.9 Å². The molecule has 1 aromatic carbocycles. The van der Waals surface area contributed by atoms with Crippen LogP contribution in [0.25, 0.3) is 0 Å². The van der Waals surface area contributed by atoms with Crippen molar-refractivity contribution in [2.45, 2.75) is 45.6 Å². The van der Waals surface area contributed by atoms with Crippen LogP contribution in [-0.4, -0.2) is 12.6 Å². The van der Waals surface area contributed by atoms with Crippen molar-refractivity contribution in [3.05, 3.63) is 33.8 Å². The van der Waals surface area contributed by atoms with Crippen molar-refractivity contribution in [3.8, 4) is 0 Å². The third kappa shape index (κ3) is 3.59. The van der Waals surface area contributed by atoms with Gasteiger partial charge < -0.3 is 5.32 Å². The van der Waals surface area contributed by atoms with Crippen molar-refractivity contribution in [2.24, 2.45) is 11.8 Å². The van der Waals surface area contributed by atoms with E-state index in [9.17, 15) is 8.78 Å². The molecule has 0 heterocycles. The number of hydrogen-bond acceptors (Lipinski definition) is 1. The van der Waals surface area contributed by atoms with Crippen LogP contribution in [-0.2, 0) is 6.42 Å². The lowest BCUT2D eigenvalue weighted by Gasteiger charge is -2.35. The minimum absolute atomic E-state index is 0.223. The molecule has 112 valence electrons. The van der Waals surface area contributed by atoms with Crippen molar-refractivity contribution in [1.82, 2.24) is 5.32 Å². The largest absolute Gasteiger partial charge is 0.314 e. The highest BCUT2D eigenvalue weighted by atomic mass is 79.9. The van der Waals surface area contributed by atoms with Gasteiger partial charge in [0.05, 0.1) is 4.47 Å². The second kappa shape index (κ2) is 6.99. The van der Waals surface area contributed by atoms with Crippen molar-refractivity contribution in [3.63, 3.8) is 0 Å². The number of halogens is 3. The Labute approximate surface area is 128 Å². The van der Waals surface area contributed by atoms with Crippen LogP contribution in [0.15, 0.2) is 16.6 Å². The minimum Gasteiger partial charge on any atom is -0.314 e. The predicted molar refractivity (Wildman–Crippen MR) is 81.7 cm³/mol. The first kappa shape index (κ1) is 15.9. The SMILES string of the molecule is CCNC1CCC(C)CC1Cc1c(F)ccc(Br)c1F.